The zero-order chi connectivity index (χ0) is 10.6. The maximum atomic E-state index is 12.8. The number of terminal acetylenes is 1. The first-order valence-electron chi connectivity index (χ1n) is 3.80. The molecule has 1 aromatic carbocycles. The van der Waals surface area contributed by atoms with E-state index in [0.717, 1.165) is 12.1 Å². The fraction of sp³-hybridized carbons (Fsp3) is 0.200. The van der Waals surface area contributed by atoms with E-state index < -0.39 is 18.8 Å². The molecule has 4 heteroatoms. The SMILES string of the molecule is C#Cc1cc(F)cc(OCC(F)F)c1. The van der Waals surface area contributed by atoms with Gasteiger partial charge in [0.1, 0.15) is 18.2 Å². The summed E-state index contributed by atoms with van der Waals surface area (Å²) in [7, 11) is 0. The highest BCUT2D eigenvalue weighted by atomic mass is 19.3. The lowest BCUT2D eigenvalue weighted by Gasteiger charge is -2.05. The number of rotatable bonds is 3. The van der Waals surface area contributed by atoms with E-state index in [0.29, 0.717) is 0 Å². The van der Waals surface area contributed by atoms with Gasteiger partial charge in [0.25, 0.3) is 6.43 Å². The van der Waals surface area contributed by atoms with Gasteiger partial charge in [0.05, 0.1) is 0 Å². The molecule has 1 rings (SSSR count). The van der Waals surface area contributed by atoms with Crippen LogP contribution in [0.4, 0.5) is 13.2 Å². The van der Waals surface area contributed by atoms with Gasteiger partial charge in [-0.15, -0.1) is 6.42 Å². The second-order valence-corrected chi connectivity index (χ2v) is 2.52. The van der Waals surface area contributed by atoms with Crippen molar-refractivity contribution < 1.29 is 17.9 Å². The van der Waals surface area contributed by atoms with E-state index in [1.807, 2.05) is 0 Å². The van der Waals surface area contributed by atoms with E-state index in [4.69, 9.17) is 6.42 Å². The highest BCUT2D eigenvalue weighted by Crippen LogP contribution is 2.16. The normalized spacial score (nSPS) is 9.93. The van der Waals surface area contributed by atoms with Crippen LogP contribution in [0.1, 0.15) is 5.56 Å². The van der Waals surface area contributed by atoms with Gasteiger partial charge >= 0.3 is 0 Å². The predicted molar refractivity (Wildman–Crippen MR) is 45.8 cm³/mol. The third kappa shape index (κ3) is 3.02. The van der Waals surface area contributed by atoms with Crippen LogP contribution >= 0.6 is 0 Å². The van der Waals surface area contributed by atoms with Gasteiger partial charge in [0.2, 0.25) is 0 Å². The van der Waals surface area contributed by atoms with Crippen molar-refractivity contribution in [3.63, 3.8) is 0 Å². The van der Waals surface area contributed by atoms with Gasteiger partial charge in [-0.05, 0) is 12.1 Å². The minimum atomic E-state index is -2.59. The van der Waals surface area contributed by atoms with Crippen molar-refractivity contribution >= 4 is 0 Å². The molecule has 0 fully saturated rings. The van der Waals surface area contributed by atoms with Gasteiger partial charge < -0.3 is 4.74 Å². The van der Waals surface area contributed by atoms with E-state index in [1.54, 1.807) is 0 Å². The fourth-order valence-corrected chi connectivity index (χ4v) is 0.889. The van der Waals surface area contributed by atoms with Crippen LogP contribution in [-0.2, 0) is 0 Å². The second-order valence-electron chi connectivity index (χ2n) is 2.52. The standard InChI is InChI=1S/C10H7F3O/c1-2-7-3-8(11)5-9(4-7)14-6-10(12)13/h1,3-5,10H,6H2. The van der Waals surface area contributed by atoms with Crippen molar-refractivity contribution in [3.05, 3.63) is 29.6 Å². The van der Waals surface area contributed by atoms with E-state index in [9.17, 15) is 13.2 Å². The first-order valence-corrected chi connectivity index (χ1v) is 3.80. The zero-order valence-corrected chi connectivity index (χ0v) is 7.14. The zero-order valence-electron chi connectivity index (χ0n) is 7.14. The maximum Gasteiger partial charge on any atom is 0.272 e. The van der Waals surface area contributed by atoms with Crippen molar-refractivity contribution in [3.8, 4) is 18.1 Å². The Bertz CT molecular complexity index is 355. The van der Waals surface area contributed by atoms with Crippen molar-refractivity contribution in [2.24, 2.45) is 0 Å². The second kappa shape index (κ2) is 4.56. The summed E-state index contributed by atoms with van der Waals surface area (Å²) in [6, 6.07) is 3.45. The summed E-state index contributed by atoms with van der Waals surface area (Å²) in [5.74, 6) is 1.59. The van der Waals surface area contributed by atoms with Gasteiger partial charge in [-0.1, -0.05) is 5.92 Å². The molecule has 0 N–H and O–H groups in total. The molecule has 14 heavy (non-hydrogen) atoms. The Kier molecular flexibility index (Phi) is 3.41. The number of halogens is 3. The van der Waals surface area contributed by atoms with Gasteiger partial charge in [-0.2, -0.15) is 0 Å². The maximum absolute atomic E-state index is 12.8. The molecule has 74 valence electrons. The molecular weight excluding hydrogens is 193 g/mol. The molecular formula is C10H7F3O. The molecule has 0 aliphatic carbocycles. The van der Waals surface area contributed by atoms with Crippen LogP contribution in [0.2, 0.25) is 0 Å². The third-order valence-corrected chi connectivity index (χ3v) is 1.41. The lowest BCUT2D eigenvalue weighted by Crippen LogP contribution is -2.07. The Morgan fingerprint density at radius 3 is 2.64 bits per heavy atom. The molecule has 0 bridgehead atoms. The Labute approximate surface area is 79.5 Å². The highest BCUT2D eigenvalue weighted by molar-refractivity contribution is 5.38. The van der Waals surface area contributed by atoms with E-state index >= 15 is 0 Å². The molecule has 0 radical (unpaired) electrons. The Balaban J connectivity index is 2.78. The Hall–Kier alpha value is -1.63. The number of benzene rings is 1. The Morgan fingerprint density at radius 2 is 2.07 bits per heavy atom. The monoisotopic (exact) mass is 200 g/mol. The predicted octanol–water partition coefficient (Wildman–Crippen LogP) is 2.45. The summed E-state index contributed by atoms with van der Waals surface area (Å²) in [6.45, 7) is -0.770. The van der Waals surface area contributed by atoms with Crippen molar-refractivity contribution in [2.45, 2.75) is 6.43 Å². The summed E-state index contributed by atoms with van der Waals surface area (Å²) in [5, 5.41) is 0. The summed E-state index contributed by atoms with van der Waals surface area (Å²) in [6.07, 6.45) is 2.43. The average molecular weight is 200 g/mol. The first-order chi connectivity index (χ1) is 6.61. The van der Waals surface area contributed by atoms with Crippen molar-refractivity contribution in [2.75, 3.05) is 6.61 Å². The molecule has 0 aromatic heterocycles. The molecule has 0 aliphatic rings. The fourth-order valence-electron chi connectivity index (χ4n) is 0.889. The van der Waals surface area contributed by atoms with Crippen LogP contribution in [0, 0.1) is 18.2 Å². The van der Waals surface area contributed by atoms with Crippen LogP contribution in [0.15, 0.2) is 18.2 Å². The highest BCUT2D eigenvalue weighted by Gasteiger charge is 2.05. The molecule has 1 aromatic rings. The van der Waals surface area contributed by atoms with Crippen molar-refractivity contribution in [1.29, 1.82) is 0 Å². The van der Waals surface area contributed by atoms with E-state index in [2.05, 4.69) is 10.7 Å². The smallest absolute Gasteiger partial charge is 0.272 e. The molecule has 1 nitrogen and oxygen atoms in total. The minimum Gasteiger partial charge on any atom is -0.487 e. The molecule has 0 heterocycles. The van der Waals surface area contributed by atoms with E-state index in [1.165, 1.54) is 6.07 Å². The van der Waals surface area contributed by atoms with Crippen molar-refractivity contribution in [1.82, 2.24) is 0 Å². The van der Waals surface area contributed by atoms with E-state index in [-0.39, 0.29) is 11.3 Å². The third-order valence-electron chi connectivity index (χ3n) is 1.41. The van der Waals surface area contributed by atoms with Gasteiger partial charge in [0, 0.05) is 11.6 Å². The van der Waals surface area contributed by atoms with Gasteiger partial charge in [0.15, 0.2) is 0 Å². The lowest BCUT2D eigenvalue weighted by molar-refractivity contribution is 0.0817. The molecule has 0 amide bonds. The lowest BCUT2D eigenvalue weighted by atomic mass is 10.2. The van der Waals surface area contributed by atoms with Crippen LogP contribution in [-0.4, -0.2) is 13.0 Å². The molecule has 0 saturated heterocycles. The number of alkyl halides is 2. The summed E-state index contributed by atoms with van der Waals surface area (Å²) in [5.41, 5.74) is 0.259. The van der Waals surface area contributed by atoms with Crippen LogP contribution in [0.3, 0.4) is 0 Å². The summed E-state index contributed by atoms with van der Waals surface area (Å²) < 4.78 is 40.9. The average Bonchev–Trinajstić information content (AvgIpc) is 2.14. The molecule has 0 atom stereocenters. The topological polar surface area (TPSA) is 9.23 Å². The van der Waals surface area contributed by atoms with Gasteiger partial charge in [-0.25, -0.2) is 13.2 Å². The summed E-state index contributed by atoms with van der Waals surface area (Å²) >= 11 is 0. The molecule has 0 aliphatic heterocycles. The van der Waals surface area contributed by atoms with Crippen LogP contribution < -0.4 is 4.74 Å². The molecule has 0 saturated carbocycles. The first kappa shape index (κ1) is 10.5. The van der Waals surface area contributed by atoms with Crippen LogP contribution in [0.5, 0.6) is 5.75 Å². The number of ether oxygens (including phenoxy) is 1. The number of hydrogen-bond donors (Lipinski definition) is 0. The Morgan fingerprint density at radius 1 is 1.36 bits per heavy atom. The minimum absolute atomic E-state index is 0.0123. The van der Waals surface area contributed by atoms with Crippen LogP contribution in [0.25, 0.3) is 0 Å². The quantitative estimate of drug-likeness (QED) is 0.681. The summed E-state index contributed by atoms with van der Waals surface area (Å²) in [4.78, 5) is 0. The number of hydrogen-bond acceptors (Lipinski definition) is 1. The molecule has 0 unspecified atom stereocenters. The van der Waals surface area contributed by atoms with Gasteiger partial charge in [-0.3, -0.25) is 0 Å². The largest absolute Gasteiger partial charge is 0.487 e. The molecule has 0 spiro atoms.